The molecule has 0 N–H and O–H groups in total. The zero-order valence-corrected chi connectivity index (χ0v) is 8.27. The molecule has 0 saturated carbocycles. The van der Waals surface area contributed by atoms with Gasteiger partial charge in [0.2, 0.25) is 0 Å². The van der Waals surface area contributed by atoms with Crippen LogP contribution >= 0.6 is 0 Å². The van der Waals surface area contributed by atoms with Crippen LogP contribution in [0.5, 0.6) is 0 Å². The highest BCUT2D eigenvalue weighted by Crippen LogP contribution is 2.28. The lowest BCUT2D eigenvalue weighted by molar-refractivity contribution is -0.134. The minimum absolute atomic E-state index is 0.0348. The first kappa shape index (κ1) is 9.41. The summed E-state index contributed by atoms with van der Waals surface area (Å²) in [4.78, 5) is 11.4. The second kappa shape index (κ2) is 3.93. The van der Waals surface area contributed by atoms with Crippen molar-refractivity contribution in [2.75, 3.05) is 0 Å². The maximum atomic E-state index is 11.4. The maximum Gasteiger partial charge on any atom is 0.138 e. The van der Waals surface area contributed by atoms with E-state index in [4.69, 9.17) is 4.74 Å². The standard InChI is InChI=1S/C12H14O2/c1-9-7-11(13)8-12(14-9)10-5-3-2-4-6-10/h2-6,9,12H,7-8H2,1H3/t9-,12-/m1/s1. The van der Waals surface area contributed by atoms with Gasteiger partial charge in [-0.3, -0.25) is 4.79 Å². The Balaban J connectivity index is 2.15. The Kier molecular flexibility index (Phi) is 2.64. The normalized spacial score (nSPS) is 27.6. The summed E-state index contributed by atoms with van der Waals surface area (Å²) in [5, 5.41) is 0. The topological polar surface area (TPSA) is 26.3 Å². The highest BCUT2D eigenvalue weighted by Gasteiger charge is 2.25. The van der Waals surface area contributed by atoms with E-state index in [-0.39, 0.29) is 12.2 Å². The Morgan fingerprint density at radius 2 is 1.93 bits per heavy atom. The molecule has 1 saturated heterocycles. The maximum absolute atomic E-state index is 11.4. The molecular formula is C12H14O2. The molecule has 2 nitrogen and oxygen atoms in total. The highest BCUT2D eigenvalue weighted by molar-refractivity contribution is 5.80. The van der Waals surface area contributed by atoms with Gasteiger partial charge >= 0.3 is 0 Å². The molecule has 0 radical (unpaired) electrons. The predicted octanol–water partition coefficient (Wildman–Crippen LogP) is 2.50. The van der Waals surface area contributed by atoms with Crippen molar-refractivity contribution < 1.29 is 9.53 Å². The van der Waals surface area contributed by atoms with Gasteiger partial charge in [0.05, 0.1) is 12.2 Å². The van der Waals surface area contributed by atoms with Crippen LogP contribution in [-0.4, -0.2) is 11.9 Å². The molecular weight excluding hydrogens is 176 g/mol. The monoisotopic (exact) mass is 190 g/mol. The van der Waals surface area contributed by atoms with Crippen LogP contribution in [0.1, 0.15) is 31.4 Å². The molecule has 0 spiro atoms. The zero-order valence-electron chi connectivity index (χ0n) is 8.27. The number of ketones is 1. The van der Waals surface area contributed by atoms with E-state index >= 15 is 0 Å². The van der Waals surface area contributed by atoms with Gasteiger partial charge < -0.3 is 4.74 Å². The molecule has 0 unspecified atom stereocenters. The minimum Gasteiger partial charge on any atom is -0.370 e. The van der Waals surface area contributed by atoms with Gasteiger partial charge in [-0.25, -0.2) is 0 Å². The summed E-state index contributed by atoms with van der Waals surface area (Å²) < 4.78 is 5.72. The Morgan fingerprint density at radius 3 is 2.57 bits per heavy atom. The van der Waals surface area contributed by atoms with E-state index in [1.807, 2.05) is 37.3 Å². The van der Waals surface area contributed by atoms with Crippen LogP contribution in [0.15, 0.2) is 30.3 Å². The summed E-state index contributed by atoms with van der Waals surface area (Å²) in [6, 6.07) is 9.94. The van der Waals surface area contributed by atoms with Crippen molar-refractivity contribution in [2.24, 2.45) is 0 Å². The van der Waals surface area contributed by atoms with Crippen LogP contribution in [0.3, 0.4) is 0 Å². The Morgan fingerprint density at radius 1 is 1.21 bits per heavy atom. The molecule has 0 aromatic heterocycles. The third-order valence-electron chi connectivity index (χ3n) is 2.50. The Hall–Kier alpha value is -1.15. The van der Waals surface area contributed by atoms with Crippen LogP contribution in [0.2, 0.25) is 0 Å². The first-order valence-corrected chi connectivity index (χ1v) is 4.98. The van der Waals surface area contributed by atoms with Crippen molar-refractivity contribution in [3.63, 3.8) is 0 Å². The largest absolute Gasteiger partial charge is 0.370 e. The lowest BCUT2D eigenvalue weighted by Crippen LogP contribution is -2.26. The molecule has 2 atom stereocenters. The third-order valence-corrected chi connectivity index (χ3v) is 2.50. The number of rotatable bonds is 1. The molecule has 0 aliphatic carbocycles. The molecule has 2 heteroatoms. The molecule has 0 bridgehead atoms. The van der Waals surface area contributed by atoms with Gasteiger partial charge in [0, 0.05) is 12.8 Å². The molecule has 1 aliphatic heterocycles. The van der Waals surface area contributed by atoms with Crippen molar-refractivity contribution in [1.82, 2.24) is 0 Å². The quantitative estimate of drug-likeness (QED) is 0.680. The van der Waals surface area contributed by atoms with E-state index in [1.165, 1.54) is 0 Å². The van der Waals surface area contributed by atoms with E-state index in [9.17, 15) is 4.79 Å². The van der Waals surface area contributed by atoms with E-state index < -0.39 is 0 Å². The highest BCUT2D eigenvalue weighted by atomic mass is 16.5. The fourth-order valence-corrected chi connectivity index (χ4v) is 1.85. The molecule has 1 heterocycles. The average molecular weight is 190 g/mol. The molecule has 14 heavy (non-hydrogen) atoms. The fourth-order valence-electron chi connectivity index (χ4n) is 1.85. The fraction of sp³-hybridized carbons (Fsp3) is 0.417. The van der Waals surface area contributed by atoms with Crippen molar-refractivity contribution >= 4 is 5.78 Å². The predicted molar refractivity (Wildman–Crippen MR) is 54.0 cm³/mol. The van der Waals surface area contributed by atoms with Crippen molar-refractivity contribution in [1.29, 1.82) is 0 Å². The number of hydrogen-bond donors (Lipinski definition) is 0. The third kappa shape index (κ3) is 2.02. The van der Waals surface area contributed by atoms with Crippen molar-refractivity contribution in [3.05, 3.63) is 35.9 Å². The van der Waals surface area contributed by atoms with E-state index in [0.29, 0.717) is 18.6 Å². The van der Waals surface area contributed by atoms with E-state index in [1.54, 1.807) is 0 Å². The summed E-state index contributed by atoms with van der Waals surface area (Å²) in [5.41, 5.74) is 1.10. The lowest BCUT2D eigenvalue weighted by Gasteiger charge is -2.27. The summed E-state index contributed by atoms with van der Waals surface area (Å²) in [5.74, 6) is 0.303. The summed E-state index contributed by atoms with van der Waals surface area (Å²) >= 11 is 0. The van der Waals surface area contributed by atoms with Crippen LogP contribution in [-0.2, 0) is 9.53 Å². The zero-order chi connectivity index (χ0) is 9.97. The van der Waals surface area contributed by atoms with Gasteiger partial charge in [0.25, 0.3) is 0 Å². The number of Topliss-reactive ketones (excluding diaryl/α,β-unsaturated/α-hetero) is 1. The van der Waals surface area contributed by atoms with Crippen molar-refractivity contribution in [2.45, 2.75) is 32.0 Å². The first-order valence-electron chi connectivity index (χ1n) is 4.98. The molecule has 1 aliphatic rings. The lowest BCUT2D eigenvalue weighted by atomic mass is 9.98. The number of hydrogen-bond acceptors (Lipinski definition) is 2. The number of carbonyl (C=O) groups is 1. The van der Waals surface area contributed by atoms with Crippen LogP contribution in [0, 0.1) is 0 Å². The SMILES string of the molecule is C[C@@H]1CC(=O)C[C@H](c2ccccc2)O1. The summed E-state index contributed by atoms with van der Waals surface area (Å²) in [7, 11) is 0. The minimum atomic E-state index is -0.0348. The molecule has 1 aromatic rings. The Bertz CT molecular complexity index is 318. The smallest absolute Gasteiger partial charge is 0.138 e. The van der Waals surface area contributed by atoms with Crippen LogP contribution < -0.4 is 0 Å². The molecule has 74 valence electrons. The van der Waals surface area contributed by atoms with E-state index in [2.05, 4.69) is 0 Å². The number of benzene rings is 1. The first-order chi connectivity index (χ1) is 6.75. The van der Waals surface area contributed by atoms with Gasteiger partial charge in [-0.2, -0.15) is 0 Å². The second-order valence-corrected chi connectivity index (χ2v) is 3.79. The summed E-state index contributed by atoms with van der Waals surface area (Å²) in [6.45, 7) is 1.95. The van der Waals surface area contributed by atoms with Crippen LogP contribution in [0.4, 0.5) is 0 Å². The molecule has 1 fully saturated rings. The van der Waals surface area contributed by atoms with Gasteiger partial charge in [-0.1, -0.05) is 30.3 Å². The number of carbonyl (C=O) groups excluding carboxylic acids is 1. The molecule has 0 amide bonds. The van der Waals surface area contributed by atoms with Gasteiger partial charge in [0.1, 0.15) is 5.78 Å². The Labute approximate surface area is 83.9 Å². The second-order valence-electron chi connectivity index (χ2n) is 3.79. The van der Waals surface area contributed by atoms with Gasteiger partial charge in [-0.15, -0.1) is 0 Å². The molecule has 2 rings (SSSR count). The van der Waals surface area contributed by atoms with Crippen LogP contribution in [0.25, 0.3) is 0 Å². The average Bonchev–Trinajstić information content (AvgIpc) is 2.18. The summed E-state index contributed by atoms with van der Waals surface area (Å²) in [6.07, 6.45) is 1.10. The van der Waals surface area contributed by atoms with Crippen molar-refractivity contribution in [3.8, 4) is 0 Å². The van der Waals surface area contributed by atoms with Gasteiger partial charge in [-0.05, 0) is 12.5 Å². The molecule has 1 aromatic carbocycles. The van der Waals surface area contributed by atoms with Gasteiger partial charge in [0.15, 0.2) is 0 Å². The number of ether oxygens (including phenoxy) is 1. The van der Waals surface area contributed by atoms with E-state index in [0.717, 1.165) is 5.56 Å².